The number of amides is 1. The summed E-state index contributed by atoms with van der Waals surface area (Å²) in [6.45, 7) is 7.04. The summed E-state index contributed by atoms with van der Waals surface area (Å²) in [5.74, 6) is 0.450. The maximum Gasteiger partial charge on any atom is 0.261 e. The fraction of sp³-hybridized carbons (Fsp3) is 0.533. The summed E-state index contributed by atoms with van der Waals surface area (Å²) in [4.78, 5) is 12.1. The van der Waals surface area contributed by atoms with Crippen molar-refractivity contribution in [3.8, 4) is 11.5 Å². The van der Waals surface area contributed by atoms with E-state index in [1.807, 2.05) is 20.8 Å². The number of methoxy groups -OCH3 is 1. The molecule has 0 saturated carbocycles. The van der Waals surface area contributed by atoms with Crippen molar-refractivity contribution < 1.29 is 19.4 Å². The molecule has 1 aromatic carbocycles. The maximum absolute atomic E-state index is 12.1. The lowest BCUT2D eigenvalue weighted by atomic mass is 10.1. The van der Waals surface area contributed by atoms with E-state index in [0.29, 0.717) is 22.1 Å². The molecule has 1 atom stereocenters. The average Bonchev–Trinajstić information content (AvgIpc) is 2.37. The number of hydrogen-bond donors (Lipinski definition) is 2. The molecular formula is C15H22ClNO4. The quantitative estimate of drug-likeness (QED) is 0.876. The smallest absolute Gasteiger partial charge is 0.261 e. The molecule has 0 saturated heterocycles. The van der Waals surface area contributed by atoms with Crippen molar-refractivity contribution in [1.29, 1.82) is 0 Å². The van der Waals surface area contributed by atoms with E-state index in [-0.39, 0.29) is 18.1 Å². The zero-order valence-electron chi connectivity index (χ0n) is 13.0. The average molecular weight is 316 g/mol. The maximum atomic E-state index is 12.1. The number of carbonyl (C=O) groups excluding carboxylic acids is 1. The number of aliphatic hydroxyl groups excluding tert-OH is 1. The summed E-state index contributed by atoms with van der Waals surface area (Å²) >= 11 is 5.94. The Hall–Kier alpha value is -1.46. The molecule has 1 rings (SSSR count). The van der Waals surface area contributed by atoms with E-state index in [1.54, 1.807) is 19.1 Å². The molecule has 2 N–H and O–H groups in total. The van der Waals surface area contributed by atoms with Crippen LogP contribution in [0, 0.1) is 0 Å². The topological polar surface area (TPSA) is 67.8 Å². The van der Waals surface area contributed by atoms with Crippen molar-refractivity contribution in [3.63, 3.8) is 0 Å². The number of benzene rings is 1. The van der Waals surface area contributed by atoms with E-state index in [4.69, 9.17) is 21.1 Å². The van der Waals surface area contributed by atoms with Gasteiger partial charge in [-0.25, -0.2) is 0 Å². The highest BCUT2D eigenvalue weighted by molar-refractivity contribution is 6.30. The minimum atomic E-state index is -0.732. The minimum Gasteiger partial charge on any atom is -0.493 e. The van der Waals surface area contributed by atoms with Gasteiger partial charge in [0.15, 0.2) is 17.6 Å². The van der Waals surface area contributed by atoms with Crippen molar-refractivity contribution in [1.82, 2.24) is 5.32 Å². The Labute approximate surface area is 130 Å². The Bertz CT molecular complexity index is 486. The number of nitrogens with one attached hydrogen (secondary N) is 1. The fourth-order valence-corrected chi connectivity index (χ4v) is 1.96. The number of ether oxygens (including phenoxy) is 2. The van der Waals surface area contributed by atoms with E-state index in [0.717, 1.165) is 0 Å². The van der Waals surface area contributed by atoms with Gasteiger partial charge in [-0.05, 0) is 33.8 Å². The largest absolute Gasteiger partial charge is 0.493 e. The molecule has 0 aliphatic rings. The zero-order valence-corrected chi connectivity index (χ0v) is 13.7. The molecule has 0 radical (unpaired) electrons. The molecule has 0 heterocycles. The third-order valence-electron chi connectivity index (χ3n) is 2.65. The van der Waals surface area contributed by atoms with Gasteiger partial charge < -0.3 is 19.9 Å². The summed E-state index contributed by atoms with van der Waals surface area (Å²) < 4.78 is 10.9. The van der Waals surface area contributed by atoms with Crippen molar-refractivity contribution in [2.24, 2.45) is 0 Å². The van der Waals surface area contributed by atoms with E-state index in [2.05, 4.69) is 5.32 Å². The van der Waals surface area contributed by atoms with Crippen LogP contribution in [0.3, 0.4) is 0 Å². The van der Waals surface area contributed by atoms with Gasteiger partial charge in [-0.3, -0.25) is 4.79 Å². The highest BCUT2D eigenvalue weighted by atomic mass is 35.5. The first-order valence-electron chi connectivity index (χ1n) is 6.64. The van der Waals surface area contributed by atoms with Gasteiger partial charge in [-0.2, -0.15) is 0 Å². The van der Waals surface area contributed by atoms with Crippen LogP contribution in [0.25, 0.3) is 0 Å². The van der Waals surface area contributed by atoms with E-state index < -0.39 is 6.10 Å². The monoisotopic (exact) mass is 315 g/mol. The summed E-state index contributed by atoms with van der Waals surface area (Å²) in [5.41, 5.74) is 0.119. The number of rotatable bonds is 5. The van der Waals surface area contributed by atoms with Crippen molar-refractivity contribution in [2.45, 2.75) is 45.9 Å². The third-order valence-corrected chi connectivity index (χ3v) is 2.87. The van der Waals surface area contributed by atoms with Gasteiger partial charge in [0.25, 0.3) is 5.91 Å². The number of halogens is 1. The van der Waals surface area contributed by atoms with Crippen molar-refractivity contribution in [3.05, 3.63) is 22.7 Å². The molecule has 0 aliphatic heterocycles. The number of carbonyl (C=O) groups is 1. The Kier molecular flexibility index (Phi) is 5.87. The van der Waals surface area contributed by atoms with Crippen LogP contribution in [0.4, 0.5) is 0 Å². The first kappa shape index (κ1) is 17.6. The summed E-state index contributed by atoms with van der Waals surface area (Å²) in [6, 6.07) is 3.15. The first-order valence-corrected chi connectivity index (χ1v) is 7.01. The molecule has 0 bridgehead atoms. The Morgan fingerprint density at radius 1 is 1.43 bits per heavy atom. The van der Waals surface area contributed by atoms with E-state index in [1.165, 1.54) is 7.11 Å². The highest BCUT2D eigenvalue weighted by Gasteiger charge is 2.23. The predicted octanol–water partition coefficient (Wildman–Crippen LogP) is 2.52. The standard InChI is InChI=1S/C15H22ClNO4/c1-9(14(19)17-15(2,3)4)21-13-10(8-18)6-11(16)7-12(13)20-5/h6-7,9,18H,8H2,1-5H3,(H,17,19). The lowest BCUT2D eigenvalue weighted by molar-refractivity contribution is -0.128. The van der Waals surface area contributed by atoms with Gasteiger partial charge in [-0.15, -0.1) is 0 Å². The minimum absolute atomic E-state index is 0.247. The third kappa shape index (κ3) is 5.10. The molecule has 1 aromatic rings. The van der Waals surface area contributed by atoms with Gasteiger partial charge in [0.2, 0.25) is 0 Å². The Morgan fingerprint density at radius 3 is 2.52 bits per heavy atom. The summed E-state index contributed by atoms with van der Waals surface area (Å²) in [5, 5.41) is 12.7. The molecule has 21 heavy (non-hydrogen) atoms. The molecule has 118 valence electrons. The van der Waals surface area contributed by atoms with Crippen LogP contribution in [-0.2, 0) is 11.4 Å². The second-order valence-corrected chi connectivity index (χ2v) is 6.19. The van der Waals surface area contributed by atoms with Gasteiger partial charge in [-0.1, -0.05) is 11.6 Å². The van der Waals surface area contributed by atoms with Crippen LogP contribution in [0.15, 0.2) is 12.1 Å². The zero-order chi connectivity index (χ0) is 16.2. The molecule has 1 unspecified atom stereocenters. The van der Waals surface area contributed by atoms with Crippen LogP contribution in [0.2, 0.25) is 5.02 Å². The molecule has 5 nitrogen and oxygen atoms in total. The molecule has 1 amide bonds. The first-order chi connectivity index (χ1) is 9.67. The molecule has 0 spiro atoms. The van der Waals surface area contributed by atoms with Crippen LogP contribution in [0.1, 0.15) is 33.3 Å². The van der Waals surface area contributed by atoms with E-state index >= 15 is 0 Å². The van der Waals surface area contributed by atoms with Crippen LogP contribution >= 0.6 is 11.6 Å². The highest BCUT2D eigenvalue weighted by Crippen LogP contribution is 2.35. The van der Waals surface area contributed by atoms with Crippen LogP contribution < -0.4 is 14.8 Å². The number of hydrogen-bond acceptors (Lipinski definition) is 4. The lowest BCUT2D eigenvalue weighted by Gasteiger charge is -2.24. The number of aliphatic hydroxyl groups is 1. The van der Waals surface area contributed by atoms with Crippen molar-refractivity contribution in [2.75, 3.05) is 7.11 Å². The summed E-state index contributed by atoms with van der Waals surface area (Å²) in [6.07, 6.45) is -0.732. The molecule has 6 heteroatoms. The molecule has 0 aromatic heterocycles. The van der Waals surface area contributed by atoms with Crippen LogP contribution in [0.5, 0.6) is 11.5 Å². The van der Waals surface area contributed by atoms with Gasteiger partial charge >= 0.3 is 0 Å². The predicted molar refractivity (Wildman–Crippen MR) is 81.9 cm³/mol. The fourth-order valence-electron chi connectivity index (χ4n) is 1.73. The van der Waals surface area contributed by atoms with Crippen molar-refractivity contribution >= 4 is 17.5 Å². The molecular weight excluding hydrogens is 294 g/mol. The van der Waals surface area contributed by atoms with E-state index in [9.17, 15) is 9.90 Å². The Balaban J connectivity index is 2.99. The molecule has 0 aliphatic carbocycles. The SMILES string of the molecule is COc1cc(Cl)cc(CO)c1OC(C)C(=O)NC(C)(C)C. The lowest BCUT2D eigenvalue weighted by Crippen LogP contribution is -2.46. The Morgan fingerprint density at radius 2 is 2.05 bits per heavy atom. The second kappa shape index (κ2) is 7.00. The van der Waals surface area contributed by atoms with Gasteiger partial charge in [0.1, 0.15) is 0 Å². The van der Waals surface area contributed by atoms with Gasteiger partial charge in [0, 0.05) is 22.2 Å². The van der Waals surface area contributed by atoms with Crippen LogP contribution in [-0.4, -0.2) is 29.8 Å². The normalized spacial score (nSPS) is 12.7. The molecule has 0 fully saturated rings. The second-order valence-electron chi connectivity index (χ2n) is 5.75. The summed E-state index contributed by atoms with van der Waals surface area (Å²) in [7, 11) is 1.47. The van der Waals surface area contributed by atoms with Gasteiger partial charge in [0.05, 0.1) is 13.7 Å².